The number of alkyl halides is 3. The normalized spacial score (nSPS) is 24.8. The van der Waals surface area contributed by atoms with Crippen LogP contribution in [0.4, 0.5) is 13.2 Å². The topological polar surface area (TPSA) is 75.2 Å². The minimum atomic E-state index is -4.56. The Morgan fingerprint density at radius 2 is 1.89 bits per heavy atom. The highest BCUT2D eigenvalue weighted by Crippen LogP contribution is 2.63. The zero-order chi connectivity index (χ0) is 26.3. The molecule has 2 amide bonds. The molecule has 6 rings (SSSR count). The van der Waals surface area contributed by atoms with Gasteiger partial charge in [0.1, 0.15) is 5.69 Å². The predicted octanol–water partition coefficient (Wildman–Crippen LogP) is 4.98. The van der Waals surface area contributed by atoms with E-state index in [0.717, 1.165) is 40.7 Å². The van der Waals surface area contributed by atoms with Crippen molar-refractivity contribution >= 4 is 33.4 Å². The smallest absolute Gasteiger partial charge is 0.316 e. The Balaban J connectivity index is 1.40. The number of amides is 2. The largest absolute Gasteiger partial charge is 0.433 e. The molecule has 2 unspecified atom stereocenters. The summed E-state index contributed by atoms with van der Waals surface area (Å²) in [6.07, 6.45) is -1.37. The van der Waals surface area contributed by atoms with Gasteiger partial charge in [-0.2, -0.15) is 13.2 Å². The van der Waals surface area contributed by atoms with Crippen LogP contribution in [0.5, 0.6) is 0 Å². The number of fused-ring (bicyclic) bond motifs is 2. The highest BCUT2D eigenvalue weighted by molar-refractivity contribution is 7.19. The van der Waals surface area contributed by atoms with Crippen molar-refractivity contribution in [2.75, 3.05) is 13.1 Å². The molecule has 10 heteroatoms. The van der Waals surface area contributed by atoms with E-state index in [0.29, 0.717) is 34.7 Å². The maximum atomic E-state index is 13.8. The van der Waals surface area contributed by atoms with E-state index in [4.69, 9.17) is 0 Å². The minimum absolute atomic E-state index is 0.141. The summed E-state index contributed by atoms with van der Waals surface area (Å²) < 4.78 is 42.0. The Morgan fingerprint density at radius 1 is 1.16 bits per heavy atom. The van der Waals surface area contributed by atoms with E-state index >= 15 is 0 Å². The summed E-state index contributed by atoms with van der Waals surface area (Å²) in [4.78, 5) is 36.1. The van der Waals surface area contributed by atoms with Gasteiger partial charge >= 0.3 is 6.18 Å². The van der Waals surface area contributed by atoms with Crippen molar-refractivity contribution in [3.8, 4) is 11.1 Å². The molecule has 1 saturated carbocycles. The maximum absolute atomic E-state index is 13.8. The van der Waals surface area contributed by atoms with Crippen molar-refractivity contribution in [3.63, 3.8) is 0 Å². The molecule has 0 aromatic carbocycles. The van der Waals surface area contributed by atoms with Crippen molar-refractivity contribution in [1.29, 1.82) is 0 Å². The summed E-state index contributed by atoms with van der Waals surface area (Å²) in [7, 11) is 0. The number of imide groups is 1. The number of pyridine rings is 2. The zero-order valence-electron chi connectivity index (χ0n) is 20.8. The van der Waals surface area contributed by atoms with Crippen molar-refractivity contribution in [2.24, 2.45) is 23.2 Å². The van der Waals surface area contributed by atoms with Gasteiger partial charge in [0.15, 0.2) is 0 Å². The molecule has 6 nitrogen and oxygen atoms in total. The third-order valence-corrected chi connectivity index (χ3v) is 9.38. The van der Waals surface area contributed by atoms with E-state index in [1.807, 2.05) is 19.9 Å². The van der Waals surface area contributed by atoms with Crippen LogP contribution in [-0.4, -0.2) is 39.8 Å². The minimum Gasteiger partial charge on any atom is -0.316 e. The molecule has 0 bridgehead atoms. The lowest BCUT2D eigenvalue weighted by Crippen LogP contribution is -2.35. The van der Waals surface area contributed by atoms with E-state index in [-0.39, 0.29) is 35.6 Å². The van der Waals surface area contributed by atoms with Crippen LogP contribution in [0.25, 0.3) is 21.3 Å². The van der Waals surface area contributed by atoms with Gasteiger partial charge in [-0.25, -0.2) is 4.98 Å². The molecule has 2 aliphatic heterocycles. The van der Waals surface area contributed by atoms with Gasteiger partial charge in [0.05, 0.1) is 28.6 Å². The molecule has 1 aliphatic carbocycles. The van der Waals surface area contributed by atoms with E-state index in [2.05, 4.69) is 15.3 Å². The summed E-state index contributed by atoms with van der Waals surface area (Å²) in [6, 6.07) is 4.73. The zero-order valence-corrected chi connectivity index (χ0v) is 21.6. The van der Waals surface area contributed by atoms with E-state index in [1.165, 1.54) is 16.2 Å². The van der Waals surface area contributed by atoms with Crippen molar-refractivity contribution < 1.29 is 22.8 Å². The standard InChI is InChI=1S/C27H27F3N4O2S/c1-13-17(8-14-4-6-31-11-14)18(10-20(33-13)27(28,29)30)16-5-7-32-19-9-15(37-23(16)19)12-34-24(35)21-22(25(34)36)26(21,2)3/h5,7,9-10,14,21-22,31H,4,6,8,11-12H2,1-3H3/t14-,21?,22?/m0/s1. The summed E-state index contributed by atoms with van der Waals surface area (Å²) >= 11 is 1.37. The van der Waals surface area contributed by atoms with Crippen molar-refractivity contribution in [1.82, 2.24) is 20.2 Å². The Morgan fingerprint density at radius 3 is 2.54 bits per heavy atom. The van der Waals surface area contributed by atoms with Crippen LogP contribution >= 0.6 is 11.3 Å². The highest BCUT2D eigenvalue weighted by Gasteiger charge is 2.72. The first-order chi connectivity index (χ1) is 17.5. The van der Waals surface area contributed by atoms with E-state index in [9.17, 15) is 22.8 Å². The number of aromatic nitrogens is 2. The summed E-state index contributed by atoms with van der Waals surface area (Å²) in [5.74, 6) is -0.460. The molecule has 1 N–H and O–H groups in total. The van der Waals surface area contributed by atoms with E-state index < -0.39 is 11.9 Å². The SMILES string of the molecule is Cc1nc(C(F)(F)F)cc(-c2ccnc3cc(CN4C(=O)C5C(C4=O)C5(C)C)sc23)c1C[C@@H]1CCNC1. The molecule has 3 aromatic rings. The first kappa shape index (κ1) is 24.5. The van der Waals surface area contributed by atoms with Crippen LogP contribution in [0.2, 0.25) is 0 Å². The predicted molar refractivity (Wildman–Crippen MR) is 134 cm³/mol. The second-order valence-corrected chi connectivity index (χ2v) is 12.1. The monoisotopic (exact) mass is 528 g/mol. The van der Waals surface area contributed by atoms with Gasteiger partial charge in [-0.3, -0.25) is 19.5 Å². The molecule has 37 heavy (non-hydrogen) atoms. The molecule has 5 heterocycles. The van der Waals surface area contributed by atoms with Gasteiger partial charge in [0.2, 0.25) is 11.8 Å². The average Bonchev–Trinajstić information content (AvgIpc) is 3.28. The third-order valence-electron chi connectivity index (χ3n) is 8.24. The van der Waals surface area contributed by atoms with Gasteiger partial charge < -0.3 is 5.32 Å². The Labute approximate surface area is 216 Å². The number of likely N-dealkylation sites (tertiary alicyclic amines) is 1. The van der Waals surface area contributed by atoms with Crippen LogP contribution in [0.3, 0.4) is 0 Å². The van der Waals surface area contributed by atoms with Gasteiger partial charge in [-0.15, -0.1) is 11.3 Å². The number of hydrogen-bond donors (Lipinski definition) is 1. The van der Waals surface area contributed by atoms with Gasteiger partial charge in [-0.1, -0.05) is 13.8 Å². The van der Waals surface area contributed by atoms with Gasteiger partial charge in [0, 0.05) is 22.3 Å². The number of carbonyl (C=O) groups excluding carboxylic acids is 2. The molecular formula is C27H27F3N4O2S. The van der Waals surface area contributed by atoms with Crippen LogP contribution in [-0.2, 0) is 28.7 Å². The number of thiophene rings is 1. The fourth-order valence-corrected chi connectivity index (χ4v) is 7.24. The number of piperidine rings is 1. The second kappa shape index (κ2) is 8.33. The maximum Gasteiger partial charge on any atom is 0.433 e. The lowest BCUT2D eigenvalue weighted by Gasteiger charge is -2.19. The number of nitrogens with zero attached hydrogens (tertiary/aromatic N) is 3. The first-order valence-corrected chi connectivity index (χ1v) is 13.3. The molecule has 3 atom stereocenters. The number of carbonyl (C=O) groups is 2. The number of aryl methyl sites for hydroxylation is 1. The lowest BCUT2D eigenvalue weighted by molar-refractivity contribution is -0.144. The summed E-state index contributed by atoms with van der Waals surface area (Å²) in [5, 5.41) is 3.32. The Bertz CT molecular complexity index is 1420. The van der Waals surface area contributed by atoms with Gasteiger partial charge in [0.25, 0.3) is 0 Å². The number of rotatable bonds is 5. The van der Waals surface area contributed by atoms with Crippen molar-refractivity contribution in [2.45, 2.75) is 46.3 Å². The number of halogens is 3. The van der Waals surface area contributed by atoms with Gasteiger partial charge in [-0.05, 0) is 73.5 Å². The molecule has 194 valence electrons. The van der Waals surface area contributed by atoms with Crippen LogP contribution in [0, 0.1) is 30.1 Å². The number of hydrogen-bond acceptors (Lipinski definition) is 6. The average molecular weight is 529 g/mol. The molecule has 3 aromatic heterocycles. The highest BCUT2D eigenvalue weighted by atomic mass is 32.1. The quantitative estimate of drug-likeness (QED) is 0.473. The van der Waals surface area contributed by atoms with Crippen LogP contribution < -0.4 is 5.32 Å². The Kier molecular flexibility index (Phi) is 5.51. The second-order valence-electron chi connectivity index (χ2n) is 11.0. The third kappa shape index (κ3) is 3.96. The first-order valence-electron chi connectivity index (χ1n) is 12.5. The van der Waals surface area contributed by atoms with Crippen LogP contribution in [0.1, 0.15) is 42.1 Å². The van der Waals surface area contributed by atoms with E-state index in [1.54, 1.807) is 19.2 Å². The van der Waals surface area contributed by atoms with Crippen molar-refractivity contribution in [3.05, 3.63) is 46.2 Å². The number of nitrogens with one attached hydrogen (secondary N) is 1. The molecule has 3 fully saturated rings. The summed E-state index contributed by atoms with van der Waals surface area (Å²) in [6.45, 7) is 7.41. The molecule has 2 saturated heterocycles. The molecule has 0 spiro atoms. The Hall–Kier alpha value is -2.85. The molecule has 3 aliphatic rings. The molecular weight excluding hydrogens is 501 g/mol. The fraction of sp³-hybridized carbons (Fsp3) is 0.481. The van der Waals surface area contributed by atoms with Crippen LogP contribution in [0.15, 0.2) is 24.4 Å². The summed E-state index contributed by atoms with van der Waals surface area (Å²) in [5.41, 5.74) is 1.83. The fourth-order valence-electron chi connectivity index (χ4n) is 6.11. The molecule has 0 radical (unpaired) electrons. The lowest BCUT2D eigenvalue weighted by atomic mass is 9.90.